The van der Waals surface area contributed by atoms with Crippen molar-refractivity contribution >= 4 is 5.78 Å². The van der Waals surface area contributed by atoms with E-state index in [0.717, 1.165) is 31.4 Å². The Morgan fingerprint density at radius 3 is 2.92 bits per heavy atom. The molecule has 1 heterocycles. The lowest BCUT2D eigenvalue weighted by atomic mass is 10.0. The van der Waals surface area contributed by atoms with Crippen molar-refractivity contribution in [1.29, 1.82) is 0 Å². The van der Waals surface area contributed by atoms with Gasteiger partial charge in [0, 0.05) is 11.5 Å². The maximum Gasteiger partial charge on any atom is 0.165 e. The molecule has 1 fully saturated rings. The molecule has 12 heavy (non-hydrogen) atoms. The van der Waals surface area contributed by atoms with E-state index in [4.69, 9.17) is 4.74 Å². The smallest absolute Gasteiger partial charge is 0.165 e. The highest BCUT2D eigenvalue weighted by Crippen LogP contribution is 2.40. The van der Waals surface area contributed by atoms with Crippen LogP contribution < -0.4 is 0 Å². The predicted molar refractivity (Wildman–Crippen MR) is 45.5 cm³/mol. The molecule has 2 heteroatoms. The Balaban J connectivity index is 1.99. The first-order valence-electron chi connectivity index (χ1n) is 4.64. The fourth-order valence-electron chi connectivity index (χ4n) is 1.67. The summed E-state index contributed by atoms with van der Waals surface area (Å²) in [4.78, 5) is 11.6. The minimum atomic E-state index is 0.318. The molecule has 0 radical (unpaired) electrons. The molecule has 0 bridgehead atoms. The second-order valence-electron chi connectivity index (χ2n) is 3.80. The lowest BCUT2D eigenvalue weighted by Gasteiger charge is -2.11. The van der Waals surface area contributed by atoms with Crippen molar-refractivity contribution in [2.75, 3.05) is 6.61 Å². The van der Waals surface area contributed by atoms with Gasteiger partial charge in [-0.3, -0.25) is 4.79 Å². The van der Waals surface area contributed by atoms with Gasteiger partial charge in [-0.25, -0.2) is 0 Å². The van der Waals surface area contributed by atoms with Crippen LogP contribution in [-0.2, 0) is 9.53 Å². The standard InChI is InChI=1S/C10H14O2/c1-7-5-9(7)10(11)8-3-2-4-12-6-8/h6-7,9H,2-5H2,1H3. The van der Waals surface area contributed by atoms with E-state index in [1.807, 2.05) is 0 Å². The first-order chi connectivity index (χ1) is 5.79. The van der Waals surface area contributed by atoms with Gasteiger partial charge in [0.05, 0.1) is 12.9 Å². The summed E-state index contributed by atoms with van der Waals surface area (Å²) in [5.41, 5.74) is 0.913. The second kappa shape index (κ2) is 2.92. The highest BCUT2D eigenvalue weighted by atomic mass is 16.5. The van der Waals surface area contributed by atoms with Crippen molar-refractivity contribution in [1.82, 2.24) is 0 Å². The molecule has 66 valence electrons. The van der Waals surface area contributed by atoms with Crippen LogP contribution in [0.3, 0.4) is 0 Å². The number of Topliss-reactive ketones (excluding diaryl/α,β-unsaturated/α-hetero) is 1. The number of hydrogen-bond acceptors (Lipinski definition) is 2. The van der Waals surface area contributed by atoms with E-state index in [2.05, 4.69) is 6.92 Å². The monoisotopic (exact) mass is 166 g/mol. The average Bonchev–Trinajstić information content (AvgIpc) is 2.83. The number of carbonyl (C=O) groups is 1. The largest absolute Gasteiger partial charge is 0.501 e. The van der Waals surface area contributed by atoms with Gasteiger partial charge < -0.3 is 4.74 Å². The SMILES string of the molecule is CC1CC1C(=O)C1=COCCC1. The molecule has 0 aromatic carbocycles. The third kappa shape index (κ3) is 1.38. The van der Waals surface area contributed by atoms with Gasteiger partial charge in [0.25, 0.3) is 0 Å². The highest BCUT2D eigenvalue weighted by molar-refractivity contribution is 5.98. The van der Waals surface area contributed by atoms with Gasteiger partial charge in [0.1, 0.15) is 0 Å². The number of ketones is 1. The van der Waals surface area contributed by atoms with Crippen molar-refractivity contribution < 1.29 is 9.53 Å². The quantitative estimate of drug-likeness (QED) is 0.626. The Hall–Kier alpha value is -0.790. The molecule has 0 N–H and O–H groups in total. The molecule has 1 aliphatic heterocycles. The molecule has 0 aromatic rings. The van der Waals surface area contributed by atoms with Gasteiger partial charge in [0.2, 0.25) is 0 Å². The molecule has 0 saturated heterocycles. The maximum atomic E-state index is 11.6. The van der Waals surface area contributed by atoms with E-state index in [1.54, 1.807) is 6.26 Å². The van der Waals surface area contributed by atoms with E-state index in [-0.39, 0.29) is 0 Å². The molecule has 1 aliphatic carbocycles. The molecule has 2 rings (SSSR count). The molecule has 2 atom stereocenters. The molecule has 2 unspecified atom stereocenters. The van der Waals surface area contributed by atoms with Crippen molar-refractivity contribution in [3.05, 3.63) is 11.8 Å². The second-order valence-corrected chi connectivity index (χ2v) is 3.80. The molecular formula is C10H14O2. The van der Waals surface area contributed by atoms with Gasteiger partial charge >= 0.3 is 0 Å². The zero-order valence-electron chi connectivity index (χ0n) is 7.38. The summed E-state index contributed by atoms with van der Waals surface area (Å²) >= 11 is 0. The van der Waals surface area contributed by atoms with E-state index in [9.17, 15) is 4.79 Å². The summed E-state index contributed by atoms with van der Waals surface area (Å²) in [5.74, 6) is 1.26. The van der Waals surface area contributed by atoms with E-state index < -0.39 is 0 Å². The fraction of sp³-hybridized carbons (Fsp3) is 0.700. The molecular weight excluding hydrogens is 152 g/mol. The van der Waals surface area contributed by atoms with Crippen molar-refractivity contribution in [2.24, 2.45) is 11.8 Å². The third-order valence-corrected chi connectivity index (χ3v) is 2.70. The normalized spacial score (nSPS) is 33.6. The first-order valence-corrected chi connectivity index (χ1v) is 4.64. The van der Waals surface area contributed by atoms with Crippen LogP contribution in [0, 0.1) is 11.8 Å². The van der Waals surface area contributed by atoms with Crippen LogP contribution in [0.1, 0.15) is 26.2 Å². The van der Waals surface area contributed by atoms with Gasteiger partial charge in [-0.2, -0.15) is 0 Å². The van der Waals surface area contributed by atoms with Gasteiger partial charge in [-0.05, 0) is 25.2 Å². The van der Waals surface area contributed by atoms with E-state index in [1.165, 1.54) is 0 Å². The third-order valence-electron chi connectivity index (χ3n) is 2.70. The molecule has 2 nitrogen and oxygen atoms in total. The first kappa shape index (κ1) is 7.84. The predicted octanol–water partition coefficient (Wildman–Crippen LogP) is 1.91. The lowest BCUT2D eigenvalue weighted by Crippen LogP contribution is -2.11. The number of allylic oxidation sites excluding steroid dienone is 1. The summed E-state index contributed by atoms with van der Waals surface area (Å²) in [6, 6.07) is 0. The summed E-state index contributed by atoms with van der Waals surface area (Å²) in [6.07, 6.45) is 4.66. The number of hydrogen-bond donors (Lipinski definition) is 0. The minimum absolute atomic E-state index is 0.318. The van der Waals surface area contributed by atoms with Gasteiger partial charge in [0.15, 0.2) is 5.78 Å². The Morgan fingerprint density at radius 1 is 1.67 bits per heavy atom. The van der Waals surface area contributed by atoms with Crippen molar-refractivity contribution in [3.8, 4) is 0 Å². The van der Waals surface area contributed by atoms with Crippen LogP contribution in [0.25, 0.3) is 0 Å². The summed E-state index contributed by atoms with van der Waals surface area (Å²) < 4.78 is 5.13. The van der Waals surface area contributed by atoms with E-state index in [0.29, 0.717) is 17.6 Å². The summed E-state index contributed by atoms with van der Waals surface area (Å²) in [5, 5.41) is 0. The number of ether oxygens (including phenoxy) is 1. The molecule has 2 aliphatic rings. The van der Waals surface area contributed by atoms with Gasteiger partial charge in [-0.1, -0.05) is 6.92 Å². The Labute approximate surface area is 72.6 Å². The zero-order chi connectivity index (χ0) is 8.55. The molecule has 0 spiro atoms. The van der Waals surface area contributed by atoms with Crippen LogP contribution in [0.2, 0.25) is 0 Å². The van der Waals surface area contributed by atoms with Crippen LogP contribution in [0.4, 0.5) is 0 Å². The topological polar surface area (TPSA) is 26.3 Å². The Bertz CT molecular complexity index is 230. The van der Waals surface area contributed by atoms with Crippen molar-refractivity contribution in [3.63, 3.8) is 0 Å². The Morgan fingerprint density at radius 2 is 2.42 bits per heavy atom. The van der Waals surface area contributed by atoms with Crippen LogP contribution in [0.5, 0.6) is 0 Å². The molecule has 1 saturated carbocycles. The zero-order valence-corrected chi connectivity index (χ0v) is 7.38. The maximum absolute atomic E-state index is 11.6. The molecule has 0 aromatic heterocycles. The highest BCUT2D eigenvalue weighted by Gasteiger charge is 2.40. The van der Waals surface area contributed by atoms with E-state index >= 15 is 0 Å². The summed E-state index contributed by atoms with van der Waals surface area (Å²) in [7, 11) is 0. The van der Waals surface area contributed by atoms with Crippen LogP contribution in [-0.4, -0.2) is 12.4 Å². The van der Waals surface area contributed by atoms with Crippen molar-refractivity contribution in [2.45, 2.75) is 26.2 Å². The van der Waals surface area contributed by atoms with Crippen LogP contribution >= 0.6 is 0 Å². The average molecular weight is 166 g/mol. The molecule has 0 amide bonds. The van der Waals surface area contributed by atoms with Crippen LogP contribution in [0.15, 0.2) is 11.8 Å². The minimum Gasteiger partial charge on any atom is -0.501 e. The van der Waals surface area contributed by atoms with Gasteiger partial charge in [-0.15, -0.1) is 0 Å². The Kier molecular flexibility index (Phi) is 1.91. The summed E-state index contributed by atoms with van der Waals surface area (Å²) in [6.45, 7) is 2.91. The fourth-order valence-corrected chi connectivity index (χ4v) is 1.67. The number of rotatable bonds is 2. The lowest BCUT2D eigenvalue weighted by molar-refractivity contribution is -0.117. The number of carbonyl (C=O) groups excluding carboxylic acids is 1.